The summed E-state index contributed by atoms with van der Waals surface area (Å²) in [5, 5.41) is 3.46. The minimum absolute atomic E-state index is 0.0272. The van der Waals surface area contributed by atoms with Gasteiger partial charge in [-0.2, -0.15) is 0 Å². The summed E-state index contributed by atoms with van der Waals surface area (Å²) >= 11 is 0. The van der Waals surface area contributed by atoms with Crippen molar-refractivity contribution < 1.29 is 9.53 Å². The van der Waals surface area contributed by atoms with E-state index in [1.54, 1.807) is 45.7 Å². The van der Waals surface area contributed by atoms with Crippen molar-refractivity contribution >= 4 is 27.9 Å². The van der Waals surface area contributed by atoms with Crippen molar-refractivity contribution in [1.82, 2.24) is 0 Å². The lowest BCUT2D eigenvalue weighted by atomic mass is 9.58. The van der Waals surface area contributed by atoms with Crippen LogP contribution in [0.2, 0.25) is 0 Å². The Bertz CT molecular complexity index is 2820. The number of esters is 1. The molecule has 2 spiro atoms. The number of methoxy groups -OCH3 is 1. The van der Waals surface area contributed by atoms with Crippen molar-refractivity contribution in [2.24, 2.45) is 70.5 Å². The molecule has 17 unspecified atom stereocenters. The number of rotatable bonds is 5. The fourth-order valence-electron chi connectivity index (χ4n) is 20.9. The van der Waals surface area contributed by atoms with Gasteiger partial charge in [0.25, 0.3) is 0 Å². The van der Waals surface area contributed by atoms with Crippen LogP contribution < -0.4 is 0 Å². The minimum Gasteiger partial charge on any atom is -0.469 e. The molecule has 0 saturated heterocycles. The first-order valence-corrected chi connectivity index (χ1v) is 21.8. The third-order valence-electron chi connectivity index (χ3n) is 20.9. The zero-order chi connectivity index (χ0) is 34.3. The molecule has 17 atom stereocenters. The summed E-state index contributed by atoms with van der Waals surface area (Å²) in [6, 6.07) is 17.4. The van der Waals surface area contributed by atoms with Crippen LogP contribution in [0.4, 0.5) is 0 Å². The fourth-order valence-corrected chi connectivity index (χ4v) is 20.9. The second-order valence-corrected chi connectivity index (χ2v) is 20.8. The molecule has 0 bridgehead atoms. The van der Waals surface area contributed by atoms with Gasteiger partial charge in [0.15, 0.2) is 0 Å². The summed E-state index contributed by atoms with van der Waals surface area (Å²) in [6.45, 7) is 0. The number of carbonyl (C=O) groups is 1. The molecule has 0 aromatic heterocycles. The number of carbonyl (C=O) groups excluding carboxylic acids is 1. The van der Waals surface area contributed by atoms with E-state index in [9.17, 15) is 4.79 Å². The average Bonchev–Trinajstić information content (AvgIpc) is 3.86. The van der Waals surface area contributed by atoms with E-state index in [1.165, 1.54) is 12.8 Å². The number of fused-ring (bicyclic) bond motifs is 5. The molecule has 0 N–H and O–H groups in total. The highest BCUT2D eigenvalue weighted by Gasteiger charge is 2.98. The molecular weight excluding hydrogens is 657 g/mol. The number of allylic oxidation sites excluding steroid dienone is 12. The summed E-state index contributed by atoms with van der Waals surface area (Å²) in [5.41, 5.74) is 23.7. The van der Waals surface area contributed by atoms with Crippen molar-refractivity contribution in [3.8, 4) is 0 Å². The Balaban J connectivity index is 1.09. The van der Waals surface area contributed by atoms with Gasteiger partial charge in [0.2, 0.25) is 0 Å². The molecule has 0 amide bonds. The lowest BCUT2D eigenvalue weighted by Crippen LogP contribution is -2.36. The van der Waals surface area contributed by atoms with Crippen LogP contribution in [0.25, 0.3) is 21.9 Å². The number of hydrogen-bond donors (Lipinski definition) is 0. The first-order chi connectivity index (χ1) is 26.7. The molecule has 3 aromatic carbocycles. The molecule has 5 saturated carbocycles. The van der Waals surface area contributed by atoms with Gasteiger partial charge >= 0.3 is 5.97 Å². The Morgan fingerprint density at radius 2 is 1.39 bits per heavy atom. The third kappa shape index (κ3) is 1.93. The van der Waals surface area contributed by atoms with Crippen LogP contribution in [0, 0.1) is 70.5 Å². The summed E-state index contributed by atoms with van der Waals surface area (Å²) < 4.78 is 5.34. The van der Waals surface area contributed by atoms with E-state index in [0.29, 0.717) is 89.3 Å². The van der Waals surface area contributed by atoms with Crippen LogP contribution in [-0.2, 0) is 20.4 Å². The Hall–Kier alpha value is -4.17. The zero-order valence-corrected chi connectivity index (χ0v) is 30.4. The van der Waals surface area contributed by atoms with E-state index >= 15 is 0 Å². The zero-order valence-electron chi connectivity index (χ0n) is 30.4. The van der Waals surface area contributed by atoms with Crippen LogP contribution in [0.3, 0.4) is 0 Å². The van der Waals surface area contributed by atoms with E-state index < -0.39 is 0 Å². The van der Waals surface area contributed by atoms with Crippen molar-refractivity contribution in [3.63, 3.8) is 0 Å². The molecule has 3 aromatic rings. The molecule has 15 aliphatic carbocycles. The van der Waals surface area contributed by atoms with Crippen molar-refractivity contribution in [3.05, 3.63) is 140 Å². The molecule has 0 heterocycles. The van der Waals surface area contributed by atoms with Crippen LogP contribution >= 0.6 is 0 Å². The molecule has 18 rings (SSSR count). The summed E-state index contributed by atoms with van der Waals surface area (Å²) in [7, 11) is 1.58. The van der Waals surface area contributed by atoms with Gasteiger partial charge in [-0.05, 0) is 169 Å². The molecule has 54 heavy (non-hydrogen) atoms. The van der Waals surface area contributed by atoms with Crippen molar-refractivity contribution in [2.45, 2.75) is 60.7 Å². The number of benzene rings is 3. The van der Waals surface area contributed by atoms with Crippen molar-refractivity contribution in [2.75, 3.05) is 7.11 Å². The Kier molecular flexibility index (Phi) is 3.65. The second-order valence-electron chi connectivity index (χ2n) is 20.8. The first-order valence-electron chi connectivity index (χ1n) is 21.8. The SMILES string of the molecule is COC(=O)CCCC1(c2ccccc2)C23C4=C5C6=C7C8C9C=CC%10C%11C=CC%12c%13ccc%14c%15c(c5c5c(c%13%15)C%12C%11C(=C65)C%108)C12C%14CCC3C1C=CC9C7C41. The summed E-state index contributed by atoms with van der Waals surface area (Å²) in [5.74, 6) is 8.84. The fraction of sp³-hybridized carbons (Fsp3) is 0.442. The molecule has 2 heteroatoms. The lowest BCUT2D eigenvalue weighted by Gasteiger charge is -2.45. The van der Waals surface area contributed by atoms with Gasteiger partial charge in [-0.3, -0.25) is 4.79 Å². The second kappa shape index (κ2) is 7.40. The smallest absolute Gasteiger partial charge is 0.305 e. The summed E-state index contributed by atoms with van der Waals surface area (Å²) in [4.78, 5) is 13.0. The van der Waals surface area contributed by atoms with E-state index in [-0.39, 0.29) is 22.2 Å². The Morgan fingerprint density at radius 3 is 2.19 bits per heavy atom. The van der Waals surface area contributed by atoms with Crippen LogP contribution in [0.15, 0.2) is 101 Å². The van der Waals surface area contributed by atoms with Crippen LogP contribution in [0.5, 0.6) is 0 Å². The average molecular weight is 697 g/mol. The maximum atomic E-state index is 13.0. The van der Waals surface area contributed by atoms with Gasteiger partial charge < -0.3 is 4.74 Å². The maximum absolute atomic E-state index is 13.0. The van der Waals surface area contributed by atoms with E-state index in [0.717, 1.165) is 12.8 Å². The van der Waals surface area contributed by atoms with Gasteiger partial charge in [0.05, 0.1) is 7.11 Å². The van der Waals surface area contributed by atoms with Gasteiger partial charge in [-0.1, -0.05) is 90.1 Å². The topological polar surface area (TPSA) is 26.3 Å². The molecule has 0 radical (unpaired) electrons. The number of ether oxygens (including phenoxy) is 1. The molecule has 0 aliphatic heterocycles. The standard InChI is InChI=1S/C52H40O2/c1-54-31(53)8-5-19-50(20-6-3-2-4-7-20)51-29-17-18-30-28-16-14-26-24-12-10-22-21-9-11-23-25-13-15-27(29)38-36(25)41-34(23)32(21)40-33(22)35(24)42-37(26)39(28)49(52(30,50)51)47-45(42)43(40)44(41)46(47)48(38)51/h2-4,6-7,9-16,21-25,27,29-30,32-36,38H,5,8,17-19H2,1H3. The van der Waals surface area contributed by atoms with E-state index in [1.807, 2.05) is 44.6 Å². The third-order valence-corrected chi connectivity index (χ3v) is 20.9. The van der Waals surface area contributed by atoms with Gasteiger partial charge in [0, 0.05) is 34.5 Å². The quantitative estimate of drug-likeness (QED) is 0.196. The number of hydrogen-bond acceptors (Lipinski definition) is 2. The molecule has 15 aliphatic rings. The van der Waals surface area contributed by atoms with Crippen molar-refractivity contribution in [1.29, 1.82) is 0 Å². The highest BCUT2D eigenvalue weighted by Crippen LogP contribution is 3.01. The molecule has 260 valence electrons. The first kappa shape index (κ1) is 26.6. The maximum Gasteiger partial charge on any atom is 0.305 e. The highest BCUT2D eigenvalue weighted by atomic mass is 16.5. The monoisotopic (exact) mass is 696 g/mol. The van der Waals surface area contributed by atoms with Crippen LogP contribution in [-0.4, -0.2) is 13.1 Å². The predicted molar refractivity (Wildman–Crippen MR) is 206 cm³/mol. The molecule has 2 nitrogen and oxygen atoms in total. The highest BCUT2D eigenvalue weighted by molar-refractivity contribution is 6.23. The Morgan fingerprint density at radius 1 is 0.685 bits per heavy atom. The lowest BCUT2D eigenvalue weighted by molar-refractivity contribution is -0.140. The Labute approximate surface area is 314 Å². The van der Waals surface area contributed by atoms with E-state index in [4.69, 9.17) is 4.74 Å². The largest absolute Gasteiger partial charge is 0.469 e. The van der Waals surface area contributed by atoms with Crippen LogP contribution in [0.1, 0.15) is 88.8 Å². The van der Waals surface area contributed by atoms with E-state index in [2.05, 4.69) is 78.9 Å². The molecular formula is C52H40O2. The summed E-state index contributed by atoms with van der Waals surface area (Å²) in [6.07, 6.45) is 21.9. The van der Waals surface area contributed by atoms with Gasteiger partial charge in [0.1, 0.15) is 0 Å². The predicted octanol–water partition coefficient (Wildman–Crippen LogP) is 9.83. The van der Waals surface area contributed by atoms with Gasteiger partial charge in [-0.25, -0.2) is 0 Å². The minimum atomic E-state index is -0.0470. The van der Waals surface area contributed by atoms with Gasteiger partial charge in [-0.15, -0.1) is 0 Å². The molecule has 5 fully saturated rings. The normalized spacial score (nSPS) is 50.6.